The fourth-order valence-electron chi connectivity index (χ4n) is 3.11. The Morgan fingerprint density at radius 1 is 1.26 bits per heavy atom. The highest BCUT2D eigenvalue weighted by Gasteiger charge is 2.34. The molecule has 19 heavy (non-hydrogen) atoms. The first-order chi connectivity index (χ1) is 9.15. The first-order valence-corrected chi connectivity index (χ1v) is 6.67. The van der Waals surface area contributed by atoms with E-state index in [1.807, 2.05) is 0 Å². The molecule has 0 spiro atoms. The first kappa shape index (κ1) is 12.3. The molecule has 1 aromatic rings. The Morgan fingerprint density at radius 3 is 2.74 bits per heavy atom. The summed E-state index contributed by atoms with van der Waals surface area (Å²) >= 11 is 0. The van der Waals surface area contributed by atoms with Crippen molar-refractivity contribution in [2.45, 2.75) is 31.3 Å². The van der Waals surface area contributed by atoms with Crippen molar-refractivity contribution in [3.8, 4) is 0 Å². The lowest BCUT2D eigenvalue weighted by molar-refractivity contribution is 0.0690. The summed E-state index contributed by atoms with van der Waals surface area (Å²) in [6.07, 6.45) is 6.57. The smallest absolute Gasteiger partial charge is 0.356 e. The second kappa shape index (κ2) is 4.77. The fourth-order valence-corrected chi connectivity index (χ4v) is 3.11. The van der Waals surface area contributed by atoms with Gasteiger partial charge in [-0.05, 0) is 26.3 Å². The van der Waals surface area contributed by atoms with Gasteiger partial charge in [0.1, 0.15) is 5.82 Å². The lowest BCUT2D eigenvalue weighted by Gasteiger charge is -2.26. The van der Waals surface area contributed by atoms with Crippen molar-refractivity contribution >= 4 is 11.8 Å². The van der Waals surface area contributed by atoms with E-state index in [0.717, 1.165) is 25.3 Å². The maximum Gasteiger partial charge on any atom is 0.356 e. The summed E-state index contributed by atoms with van der Waals surface area (Å²) in [5.74, 6) is -0.250. The summed E-state index contributed by atoms with van der Waals surface area (Å²) in [6.45, 7) is 1.92. The lowest BCUT2D eigenvalue weighted by atomic mass is 10.1. The van der Waals surface area contributed by atoms with Gasteiger partial charge in [-0.3, -0.25) is 4.90 Å². The number of aromatic carboxylic acids is 1. The number of likely N-dealkylation sites (N-methyl/N-ethyl adjacent to an activating group) is 1. The van der Waals surface area contributed by atoms with Crippen molar-refractivity contribution in [1.29, 1.82) is 0 Å². The van der Waals surface area contributed by atoms with Crippen molar-refractivity contribution in [1.82, 2.24) is 14.9 Å². The second-order valence-electron chi connectivity index (χ2n) is 5.35. The standard InChI is InChI=1S/C13H18N4O2/c1-16-9-2-3-10(16)8-17(5-4-9)12-7-14-11(6-15-12)13(18)19/h6-7,9-10H,2-5,8H2,1H3,(H,18,19). The third-order valence-corrected chi connectivity index (χ3v) is 4.33. The second-order valence-corrected chi connectivity index (χ2v) is 5.35. The number of carboxylic acid groups (broad SMARTS) is 1. The minimum Gasteiger partial charge on any atom is -0.476 e. The summed E-state index contributed by atoms with van der Waals surface area (Å²) in [6, 6.07) is 1.26. The molecule has 2 aliphatic rings. The van der Waals surface area contributed by atoms with Crippen LogP contribution in [0, 0.1) is 0 Å². The normalized spacial score (nSPS) is 27.3. The number of fused-ring (bicyclic) bond motifs is 2. The number of hydrogen-bond acceptors (Lipinski definition) is 5. The van der Waals surface area contributed by atoms with Crippen LogP contribution >= 0.6 is 0 Å². The van der Waals surface area contributed by atoms with Gasteiger partial charge in [-0.25, -0.2) is 14.8 Å². The van der Waals surface area contributed by atoms with Crippen LogP contribution in [0.4, 0.5) is 5.82 Å². The number of nitrogens with zero attached hydrogens (tertiary/aromatic N) is 4. The van der Waals surface area contributed by atoms with E-state index in [1.165, 1.54) is 19.0 Å². The van der Waals surface area contributed by atoms with Gasteiger partial charge in [0, 0.05) is 25.2 Å². The van der Waals surface area contributed by atoms with Gasteiger partial charge >= 0.3 is 5.97 Å². The van der Waals surface area contributed by atoms with E-state index in [4.69, 9.17) is 5.11 Å². The van der Waals surface area contributed by atoms with Crippen LogP contribution in [-0.4, -0.2) is 58.2 Å². The maximum atomic E-state index is 10.8. The third kappa shape index (κ3) is 2.28. The highest BCUT2D eigenvalue weighted by molar-refractivity contribution is 5.84. The molecular formula is C13H18N4O2. The molecule has 2 fully saturated rings. The first-order valence-electron chi connectivity index (χ1n) is 6.67. The highest BCUT2D eigenvalue weighted by atomic mass is 16.4. The van der Waals surface area contributed by atoms with Crippen LogP contribution in [0.5, 0.6) is 0 Å². The third-order valence-electron chi connectivity index (χ3n) is 4.33. The maximum absolute atomic E-state index is 10.8. The predicted molar refractivity (Wildman–Crippen MR) is 70.4 cm³/mol. The summed E-state index contributed by atoms with van der Waals surface area (Å²) in [4.78, 5) is 23.6. The minimum absolute atomic E-state index is 0.00258. The molecule has 0 radical (unpaired) electrons. The van der Waals surface area contributed by atoms with Crippen LogP contribution in [0.15, 0.2) is 12.4 Å². The van der Waals surface area contributed by atoms with E-state index in [2.05, 4.69) is 26.8 Å². The van der Waals surface area contributed by atoms with Gasteiger partial charge in [0.05, 0.1) is 12.4 Å². The molecule has 6 nitrogen and oxygen atoms in total. The SMILES string of the molecule is CN1C2CCC1CN(c1cnc(C(=O)O)cn1)CC2. The Hall–Kier alpha value is -1.69. The van der Waals surface area contributed by atoms with Crippen molar-refractivity contribution in [2.24, 2.45) is 0 Å². The van der Waals surface area contributed by atoms with Gasteiger partial charge in [-0.15, -0.1) is 0 Å². The topological polar surface area (TPSA) is 69.6 Å². The Morgan fingerprint density at radius 2 is 2.05 bits per heavy atom. The Bertz CT molecular complexity index is 476. The molecule has 102 valence electrons. The van der Waals surface area contributed by atoms with E-state index in [1.54, 1.807) is 6.20 Å². The van der Waals surface area contributed by atoms with E-state index < -0.39 is 5.97 Å². The summed E-state index contributed by atoms with van der Waals surface area (Å²) < 4.78 is 0. The minimum atomic E-state index is -1.03. The Labute approximate surface area is 112 Å². The number of aromatic nitrogens is 2. The molecule has 1 aromatic heterocycles. The van der Waals surface area contributed by atoms with E-state index in [0.29, 0.717) is 12.1 Å². The number of carbonyl (C=O) groups is 1. The van der Waals surface area contributed by atoms with Crippen LogP contribution in [-0.2, 0) is 0 Å². The quantitative estimate of drug-likeness (QED) is 0.852. The molecule has 0 aromatic carbocycles. The fraction of sp³-hybridized carbons (Fsp3) is 0.615. The molecule has 2 bridgehead atoms. The molecule has 6 heteroatoms. The van der Waals surface area contributed by atoms with Gasteiger partial charge in [0.2, 0.25) is 0 Å². The largest absolute Gasteiger partial charge is 0.476 e. The molecule has 3 heterocycles. The predicted octanol–water partition coefficient (Wildman–Crippen LogP) is 0.848. The molecule has 1 N–H and O–H groups in total. The molecule has 0 amide bonds. The highest BCUT2D eigenvalue weighted by Crippen LogP contribution is 2.29. The van der Waals surface area contributed by atoms with Gasteiger partial charge in [-0.1, -0.05) is 0 Å². The van der Waals surface area contributed by atoms with Crippen LogP contribution in [0.1, 0.15) is 29.8 Å². The summed E-state index contributed by atoms with van der Waals surface area (Å²) in [5.41, 5.74) is -0.00258. The molecular weight excluding hydrogens is 244 g/mol. The number of carboxylic acids is 1. The van der Waals surface area contributed by atoms with Crippen molar-refractivity contribution in [3.05, 3.63) is 18.1 Å². The van der Waals surface area contributed by atoms with Crippen molar-refractivity contribution in [3.63, 3.8) is 0 Å². The number of hydrogen-bond donors (Lipinski definition) is 1. The van der Waals surface area contributed by atoms with Gasteiger partial charge < -0.3 is 10.0 Å². The molecule has 2 unspecified atom stereocenters. The number of anilines is 1. The average molecular weight is 262 g/mol. The Kier molecular flexibility index (Phi) is 3.10. The molecule has 2 saturated heterocycles. The monoisotopic (exact) mass is 262 g/mol. The molecule has 3 rings (SSSR count). The van der Waals surface area contributed by atoms with E-state index >= 15 is 0 Å². The molecule has 0 saturated carbocycles. The van der Waals surface area contributed by atoms with Crippen molar-refractivity contribution < 1.29 is 9.90 Å². The summed E-state index contributed by atoms with van der Waals surface area (Å²) in [5, 5.41) is 8.83. The van der Waals surface area contributed by atoms with E-state index in [-0.39, 0.29) is 5.69 Å². The van der Waals surface area contributed by atoms with Crippen LogP contribution in [0.3, 0.4) is 0 Å². The van der Waals surface area contributed by atoms with Crippen LogP contribution in [0.25, 0.3) is 0 Å². The zero-order valence-corrected chi connectivity index (χ0v) is 11.0. The van der Waals surface area contributed by atoms with Gasteiger partial charge in [0.15, 0.2) is 5.69 Å². The lowest BCUT2D eigenvalue weighted by Crippen LogP contribution is -2.37. The molecule has 2 atom stereocenters. The van der Waals surface area contributed by atoms with Gasteiger partial charge in [0.25, 0.3) is 0 Å². The zero-order valence-electron chi connectivity index (χ0n) is 11.0. The van der Waals surface area contributed by atoms with Gasteiger partial charge in [-0.2, -0.15) is 0 Å². The molecule has 2 aliphatic heterocycles. The Balaban J connectivity index is 1.77. The average Bonchev–Trinajstić information content (AvgIpc) is 2.63. The summed E-state index contributed by atoms with van der Waals surface area (Å²) in [7, 11) is 2.20. The van der Waals surface area contributed by atoms with Crippen molar-refractivity contribution in [2.75, 3.05) is 25.0 Å². The van der Waals surface area contributed by atoms with Crippen LogP contribution in [0.2, 0.25) is 0 Å². The zero-order chi connectivity index (χ0) is 13.4. The van der Waals surface area contributed by atoms with E-state index in [9.17, 15) is 4.79 Å². The van der Waals surface area contributed by atoms with Crippen LogP contribution < -0.4 is 4.90 Å². The molecule has 0 aliphatic carbocycles. The number of rotatable bonds is 2.